The number of thiazole rings is 1. The summed E-state index contributed by atoms with van der Waals surface area (Å²) in [5, 5.41) is 7.66. The molecule has 2 aromatic heterocycles. The van der Waals surface area contributed by atoms with Crippen molar-refractivity contribution in [2.75, 3.05) is 0 Å². The molecule has 0 radical (unpaired) electrons. The third-order valence-corrected chi connectivity index (χ3v) is 5.21. The molecule has 0 saturated carbocycles. The molecule has 0 aliphatic carbocycles. The van der Waals surface area contributed by atoms with E-state index in [1.165, 1.54) is 10.3 Å². The van der Waals surface area contributed by atoms with Crippen LogP contribution in [0.3, 0.4) is 0 Å². The third-order valence-electron chi connectivity index (χ3n) is 2.95. The topological polar surface area (TPSA) is 51.8 Å². The van der Waals surface area contributed by atoms with Gasteiger partial charge in [-0.3, -0.25) is 0 Å². The second-order valence-corrected chi connectivity index (χ2v) is 6.58. The Bertz CT molecular complexity index is 849. The molecule has 0 aliphatic rings. The van der Waals surface area contributed by atoms with E-state index in [1.807, 2.05) is 36.4 Å². The number of hydrogen-bond donors (Lipinski definition) is 0. The summed E-state index contributed by atoms with van der Waals surface area (Å²) in [4.78, 5) is 4.62. The van der Waals surface area contributed by atoms with Crippen LogP contribution < -0.4 is 0 Å². The van der Waals surface area contributed by atoms with E-state index in [1.54, 1.807) is 23.1 Å². The van der Waals surface area contributed by atoms with Gasteiger partial charge in [0.2, 0.25) is 0 Å². The summed E-state index contributed by atoms with van der Waals surface area (Å²) >= 11 is 3.47. The van der Waals surface area contributed by atoms with Gasteiger partial charge >= 0.3 is 0 Å². The summed E-state index contributed by atoms with van der Waals surface area (Å²) in [6.07, 6.45) is 0. The minimum absolute atomic E-state index is 0.790. The molecule has 2 heterocycles. The van der Waals surface area contributed by atoms with Crippen LogP contribution in [0.2, 0.25) is 0 Å². The highest BCUT2D eigenvalue weighted by atomic mass is 32.2. The van der Waals surface area contributed by atoms with Crippen molar-refractivity contribution in [3.63, 3.8) is 0 Å². The molecule has 0 saturated heterocycles. The van der Waals surface area contributed by atoms with Crippen molar-refractivity contribution < 1.29 is 4.63 Å². The quantitative estimate of drug-likeness (QED) is 0.532. The number of para-hydroxylation sites is 1. The Hall–Kier alpha value is -1.92. The maximum absolute atomic E-state index is 4.71. The highest BCUT2D eigenvalue weighted by molar-refractivity contribution is 8.00. The Morgan fingerprint density at radius 1 is 1.00 bits per heavy atom. The zero-order chi connectivity index (χ0) is 13.4. The van der Waals surface area contributed by atoms with Gasteiger partial charge in [-0.25, -0.2) is 9.61 Å². The van der Waals surface area contributed by atoms with Gasteiger partial charge in [0.15, 0.2) is 4.34 Å². The van der Waals surface area contributed by atoms with Gasteiger partial charge in [-0.1, -0.05) is 30.0 Å². The SMILES string of the molecule is c1ccc2sc(SCc3ccc4nonc4c3)nc2c1. The maximum Gasteiger partial charge on any atom is 0.151 e. The molecule has 4 nitrogen and oxygen atoms in total. The van der Waals surface area contributed by atoms with Crippen molar-refractivity contribution in [2.45, 2.75) is 10.1 Å². The third kappa shape index (κ3) is 2.17. The summed E-state index contributed by atoms with van der Waals surface area (Å²) in [5.74, 6) is 0.864. The highest BCUT2D eigenvalue weighted by Gasteiger charge is 2.06. The monoisotopic (exact) mass is 299 g/mol. The summed E-state index contributed by atoms with van der Waals surface area (Å²) in [6, 6.07) is 14.2. The second-order valence-electron chi connectivity index (χ2n) is 4.32. The average molecular weight is 299 g/mol. The van der Waals surface area contributed by atoms with Crippen molar-refractivity contribution in [1.82, 2.24) is 15.3 Å². The first-order chi connectivity index (χ1) is 9.88. The molecule has 4 rings (SSSR count). The molecule has 0 atom stereocenters. The smallest absolute Gasteiger partial charge is 0.151 e. The molecule has 20 heavy (non-hydrogen) atoms. The molecule has 0 bridgehead atoms. The fraction of sp³-hybridized carbons (Fsp3) is 0.0714. The van der Waals surface area contributed by atoms with Crippen LogP contribution in [0.25, 0.3) is 21.3 Å². The zero-order valence-electron chi connectivity index (χ0n) is 10.3. The molecule has 0 fully saturated rings. The Kier molecular flexibility index (Phi) is 2.90. The molecule has 6 heteroatoms. The molecule has 0 amide bonds. The largest absolute Gasteiger partial charge is 0.243 e. The number of thioether (sulfide) groups is 1. The molecule has 0 spiro atoms. The van der Waals surface area contributed by atoms with Gasteiger partial charge in [-0.05, 0) is 40.1 Å². The summed E-state index contributed by atoms with van der Waals surface area (Å²) < 4.78 is 7.02. The predicted molar refractivity (Wildman–Crippen MR) is 81.0 cm³/mol. The van der Waals surface area contributed by atoms with Crippen LogP contribution >= 0.6 is 23.1 Å². The Labute approximate surface area is 122 Å². The van der Waals surface area contributed by atoms with Gasteiger partial charge in [0.1, 0.15) is 11.0 Å². The predicted octanol–water partition coefficient (Wildman–Crippen LogP) is 4.12. The number of benzene rings is 2. The number of rotatable bonds is 3. The lowest BCUT2D eigenvalue weighted by atomic mass is 10.2. The normalized spacial score (nSPS) is 11.4. The first kappa shape index (κ1) is 11.9. The summed E-state index contributed by atoms with van der Waals surface area (Å²) in [6.45, 7) is 0. The lowest BCUT2D eigenvalue weighted by molar-refractivity contribution is 0.315. The van der Waals surface area contributed by atoms with Crippen LogP contribution in [0, 0.1) is 0 Å². The molecule has 0 N–H and O–H groups in total. The van der Waals surface area contributed by atoms with Crippen LogP contribution in [-0.4, -0.2) is 15.3 Å². The fourth-order valence-corrected chi connectivity index (χ4v) is 3.99. The Balaban J connectivity index is 1.56. The fourth-order valence-electron chi connectivity index (χ4n) is 1.98. The van der Waals surface area contributed by atoms with Crippen LogP contribution in [0.1, 0.15) is 5.56 Å². The van der Waals surface area contributed by atoms with Gasteiger partial charge in [-0.2, -0.15) is 0 Å². The van der Waals surface area contributed by atoms with Gasteiger partial charge in [0, 0.05) is 5.75 Å². The van der Waals surface area contributed by atoms with Crippen molar-refractivity contribution >= 4 is 44.3 Å². The molecular weight excluding hydrogens is 290 g/mol. The molecule has 98 valence electrons. The van der Waals surface area contributed by atoms with Crippen LogP contribution in [0.15, 0.2) is 51.4 Å². The van der Waals surface area contributed by atoms with E-state index < -0.39 is 0 Å². The summed E-state index contributed by atoms with van der Waals surface area (Å²) in [7, 11) is 0. The number of fused-ring (bicyclic) bond motifs is 2. The van der Waals surface area contributed by atoms with Crippen molar-refractivity contribution in [3.8, 4) is 0 Å². The van der Waals surface area contributed by atoms with E-state index in [9.17, 15) is 0 Å². The van der Waals surface area contributed by atoms with Crippen LogP contribution in [-0.2, 0) is 5.75 Å². The van der Waals surface area contributed by atoms with Crippen molar-refractivity contribution in [2.24, 2.45) is 0 Å². The number of hydrogen-bond acceptors (Lipinski definition) is 6. The van der Waals surface area contributed by atoms with Crippen LogP contribution in [0.5, 0.6) is 0 Å². The molecule has 2 aromatic carbocycles. The van der Waals surface area contributed by atoms with E-state index >= 15 is 0 Å². The van der Waals surface area contributed by atoms with Gasteiger partial charge < -0.3 is 0 Å². The van der Waals surface area contributed by atoms with Gasteiger partial charge in [0.05, 0.1) is 10.2 Å². The van der Waals surface area contributed by atoms with Crippen LogP contribution in [0.4, 0.5) is 0 Å². The lowest BCUT2D eigenvalue weighted by Crippen LogP contribution is -1.80. The van der Waals surface area contributed by atoms with E-state index in [4.69, 9.17) is 4.63 Å². The molecule has 4 aromatic rings. The first-order valence-corrected chi connectivity index (χ1v) is 7.88. The minimum atomic E-state index is 0.790. The lowest BCUT2D eigenvalue weighted by Gasteiger charge is -1.97. The summed E-state index contributed by atoms with van der Waals surface area (Å²) in [5.41, 5.74) is 3.85. The number of aromatic nitrogens is 3. The van der Waals surface area contributed by atoms with Crippen molar-refractivity contribution in [1.29, 1.82) is 0 Å². The van der Waals surface area contributed by atoms with E-state index in [0.29, 0.717) is 0 Å². The number of nitrogens with zero attached hydrogens (tertiary/aromatic N) is 3. The zero-order valence-corrected chi connectivity index (χ0v) is 11.9. The first-order valence-electron chi connectivity index (χ1n) is 6.08. The standard InChI is InChI=1S/C14H9N3OS2/c1-2-4-13-11(3-1)15-14(20-13)19-8-9-5-6-10-12(7-9)17-18-16-10/h1-7H,8H2. The highest BCUT2D eigenvalue weighted by Crippen LogP contribution is 2.31. The van der Waals surface area contributed by atoms with Crippen molar-refractivity contribution in [3.05, 3.63) is 48.0 Å². The second kappa shape index (κ2) is 4.88. The Morgan fingerprint density at radius 2 is 1.90 bits per heavy atom. The van der Waals surface area contributed by atoms with Gasteiger partial charge in [-0.15, -0.1) is 11.3 Å². The average Bonchev–Trinajstić information content (AvgIpc) is 3.10. The molecule has 0 aliphatic heterocycles. The van der Waals surface area contributed by atoms with E-state index in [0.717, 1.165) is 26.6 Å². The molecule has 0 unspecified atom stereocenters. The van der Waals surface area contributed by atoms with E-state index in [-0.39, 0.29) is 0 Å². The van der Waals surface area contributed by atoms with E-state index in [2.05, 4.69) is 21.4 Å². The van der Waals surface area contributed by atoms with Gasteiger partial charge in [0.25, 0.3) is 0 Å². The Morgan fingerprint density at radius 3 is 2.85 bits per heavy atom. The maximum atomic E-state index is 4.71. The molecular formula is C14H9N3OS2. The minimum Gasteiger partial charge on any atom is -0.243 e.